The standard InChI is InChI=1S/C29H46N8O6.C7H6O.C2H2/c1-36-13-15-37(16-14-36)27(39)26(38)23-21-34-25-22(23)7-6-8-24(25)35-29(41)32-11-5-3-2-4-10-31-28(40)33-12-18-43-20-19-42-17-9-30;8-6-7-4-2-1-3-5-7;1-2/h6-8,21,34H,2-5,9-20,30H2,1H3,(H2,31,33,40)(H2,32,35,41);1-6H;1-2H. The molecule has 4 rings (SSSR count). The van der Waals surface area contributed by atoms with Crippen LogP contribution in [-0.2, 0) is 14.3 Å². The molecule has 0 radical (unpaired) electrons. The van der Waals surface area contributed by atoms with E-state index in [2.05, 4.69) is 44.0 Å². The highest BCUT2D eigenvalue weighted by molar-refractivity contribution is 6.45. The zero-order chi connectivity index (χ0) is 38.7. The van der Waals surface area contributed by atoms with Crippen LogP contribution >= 0.6 is 0 Å². The van der Waals surface area contributed by atoms with Crippen molar-refractivity contribution in [2.24, 2.45) is 5.73 Å². The number of carbonyl (C=O) groups is 5. The Bertz CT molecular complexity index is 1560. The topological polar surface area (TPSA) is 200 Å². The molecule has 2 aromatic carbocycles. The van der Waals surface area contributed by atoms with E-state index in [0.717, 1.165) is 50.6 Å². The number of aldehydes is 1. The Hall–Kier alpha value is -5.27. The highest BCUT2D eigenvalue weighted by atomic mass is 16.5. The number of nitrogens with two attached hydrogens (primary N) is 1. The number of H-pyrrole nitrogens is 1. The van der Waals surface area contributed by atoms with Crippen molar-refractivity contribution in [1.82, 2.24) is 30.7 Å². The minimum atomic E-state index is -0.556. The summed E-state index contributed by atoms with van der Waals surface area (Å²) in [5, 5.41) is 11.8. The van der Waals surface area contributed by atoms with Crippen LogP contribution in [0.15, 0.2) is 54.7 Å². The summed E-state index contributed by atoms with van der Waals surface area (Å²) in [6.07, 6.45) is 13.8. The number of piperazine rings is 1. The van der Waals surface area contributed by atoms with Gasteiger partial charge in [-0.2, -0.15) is 0 Å². The van der Waals surface area contributed by atoms with Gasteiger partial charge in [-0.1, -0.05) is 55.3 Å². The molecule has 0 unspecified atom stereocenters. The second-order valence-corrected chi connectivity index (χ2v) is 11.9. The molecule has 5 amide bonds. The molecule has 3 aromatic rings. The van der Waals surface area contributed by atoms with Crippen LogP contribution in [0.25, 0.3) is 10.9 Å². The molecule has 1 saturated heterocycles. The van der Waals surface area contributed by atoms with Gasteiger partial charge in [-0.3, -0.25) is 14.4 Å². The van der Waals surface area contributed by atoms with E-state index in [4.69, 9.17) is 15.2 Å². The first-order valence-corrected chi connectivity index (χ1v) is 17.7. The molecule has 0 spiro atoms. The maximum Gasteiger partial charge on any atom is 0.319 e. The summed E-state index contributed by atoms with van der Waals surface area (Å²) in [7, 11) is 1.99. The third-order valence-corrected chi connectivity index (χ3v) is 7.97. The van der Waals surface area contributed by atoms with Crippen molar-refractivity contribution in [2.75, 3.05) is 91.2 Å². The Morgan fingerprint density at radius 2 is 1.42 bits per heavy atom. The number of nitrogens with zero attached hydrogens (tertiary/aromatic N) is 2. The number of Topliss-reactive ketones (excluding diaryl/α,β-unsaturated/α-hetero) is 1. The first-order chi connectivity index (χ1) is 25.8. The van der Waals surface area contributed by atoms with Crippen LogP contribution in [0.2, 0.25) is 0 Å². The zero-order valence-corrected chi connectivity index (χ0v) is 30.6. The number of hydrogen-bond donors (Lipinski definition) is 6. The Morgan fingerprint density at radius 1 is 0.792 bits per heavy atom. The number of amides is 5. The third kappa shape index (κ3) is 16.7. The number of benzene rings is 2. The summed E-state index contributed by atoms with van der Waals surface area (Å²) in [5.41, 5.74) is 7.46. The van der Waals surface area contributed by atoms with Gasteiger partial charge in [-0.15, -0.1) is 12.8 Å². The minimum Gasteiger partial charge on any atom is -0.378 e. The number of urea groups is 2. The van der Waals surface area contributed by atoms with Crippen LogP contribution in [0, 0.1) is 12.8 Å². The predicted octanol–water partition coefficient (Wildman–Crippen LogP) is 2.85. The number of likely N-dealkylation sites (N-methyl/N-ethyl adjacent to an activating group) is 1. The highest BCUT2D eigenvalue weighted by Gasteiger charge is 2.28. The second kappa shape index (κ2) is 26.5. The molecule has 0 saturated carbocycles. The van der Waals surface area contributed by atoms with Gasteiger partial charge in [-0.05, 0) is 26.0 Å². The quantitative estimate of drug-likeness (QED) is 0.0352. The molecular weight excluding hydrogens is 680 g/mol. The van der Waals surface area contributed by atoms with Crippen molar-refractivity contribution >= 4 is 46.6 Å². The van der Waals surface area contributed by atoms with Crippen molar-refractivity contribution < 1.29 is 33.4 Å². The fraction of sp³-hybridized carbons (Fsp3) is 0.447. The number of ether oxygens (including phenoxy) is 2. The van der Waals surface area contributed by atoms with Gasteiger partial charge in [0.1, 0.15) is 6.29 Å². The normalized spacial score (nSPS) is 12.3. The van der Waals surface area contributed by atoms with Crippen LogP contribution in [0.4, 0.5) is 15.3 Å². The Kier molecular flexibility index (Phi) is 21.9. The molecule has 0 aliphatic carbocycles. The van der Waals surface area contributed by atoms with Gasteiger partial charge in [0.25, 0.3) is 11.7 Å². The van der Waals surface area contributed by atoms with Crippen molar-refractivity contribution in [1.29, 1.82) is 0 Å². The highest BCUT2D eigenvalue weighted by Crippen LogP contribution is 2.26. The lowest BCUT2D eigenvalue weighted by atomic mass is 10.1. The number of ketones is 1. The first-order valence-electron chi connectivity index (χ1n) is 17.7. The van der Waals surface area contributed by atoms with E-state index in [1.165, 1.54) is 6.20 Å². The molecule has 1 aliphatic rings. The summed E-state index contributed by atoms with van der Waals surface area (Å²) in [6.45, 7) is 6.36. The summed E-state index contributed by atoms with van der Waals surface area (Å²) < 4.78 is 10.5. The van der Waals surface area contributed by atoms with Crippen LogP contribution in [0.3, 0.4) is 0 Å². The van der Waals surface area contributed by atoms with Crippen LogP contribution in [-0.4, -0.2) is 131 Å². The number of terminal acetylenes is 1. The zero-order valence-electron chi connectivity index (χ0n) is 30.6. The van der Waals surface area contributed by atoms with E-state index in [1.54, 1.807) is 35.2 Å². The molecule has 7 N–H and O–H groups in total. The summed E-state index contributed by atoms with van der Waals surface area (Å²) in [4.78, 5) is 66.8. The average molecular weight is 735 g/mol. The lowest BCUT2D eigenvalue weighted by molar-refractivity contribution is -0.127. The lowest BCUT2D eigenvalue weighted by Crippen LogP contribution is -2.49. The van der Waals surface area contributed by atoms with E-state index in [1.807, 2.05) is 25.2 Å². The fourth-order valence-electron chi connectivity index (χ4n) is 5.12. The number of nitrogens with one attached hydrogen (secondary N) is 5. The Morgan fingerprint density at radius 3 is 2.04 bits per heavy atom. The van der Waals surface area contributed by atoms with Crippen molar-refractivity contribution in [2.45, 2.75) is 25.7 Å². The smallest absolute Gasteiger partial charge is 0.319 e. The molecule has 2 heterocycles. The average Bonchev–Trinajstić information content (AvgIpc) is 3.63. The molecule has 1 fully saturated rings. The molecular formula is C38H54N8O7. The van der Waals surface area contributed by atoms with Gasteiger partial charge in [0, 0.05) is 69.5 Å². The summed E-state index contributed by atoms with van der Waals surface area (Å²) >= 11 is 0. The van der Waals surface area contributed by atoms with Crippen molar-refractivity contribution in [3.8, 4) is 12.8 Å². The maximum absolute atomic E-state index is 13.0. The number of aromatic amines is 1. The Balaban J connectivity index is 0.000000846. The molecule has 0 atom stereocenters. The SMILES string of the molecule is C#C.CN1CCN(C(=O)C(=O)c2c[nH]c3c(NC(=O)NCCCCCCNC(=O)NCCOCCOCCN)cccc23)CC1.O=Cc1ccccc1. The van der Waals surface area contributed by atoms with Gasteiger partial charge in [-0.25, -0.2) is 9.59 Å². The molecule has 1 aliphatic heterocycles. The van der Waals surface area contributed by atoms with Crippen LogP contribution < -0.4 is 27.0 Å². The van der Waals surface area contributed by atoms with E-state index < -0.39 is 11.7 Å². The fourth-order valence-corrected chi connectivity index (χ4v) is 5.12. The number of anilines is 1. The first kappa shape index (κ1) is 43.9. The Labute approximate surface area is 311 Å². The van der Waals surface area contributed by atoms with Crippen LogP contribution in [0.1, 0.15) is 46.4 Å². The number of hydrogen-bond acceptors (Lipinski definition) is 9. The second-order valence-electron chi connectivity index (χ2n) is 11.9. The lowest BCUT2D eigenvalue weighted by Gasteiger charge is -2.31. The van der Waals surface area contributed by atoms with Crippen molar-refractivity contribution in [3.05, 3.63) is 65.9 Å². The van der Waals surface area contributed by atoms with Crippen molar-refractivity contribution in [3.63, 3.8) is 0 Å². The van der Waals surface area contributed by atoms with Gasteiger partial charge >= 0.3 is 12.1 Å². The molecule has 15 heteroatoms. The van der Waals surface area contributed by atoms with E-state index in [9.17, 15) is 24.0 Å². The molecule has 1 aromatic heterocycles. The number of para-hydroxylation sites is 1. The number of unbranched alkanes of at least 4 members (excludes halogenated alkanes) is 3. The van der Waals surface area contributed by atoms with Gasteiger partial charge in [0.15, 0.2) is 0 Å². The van der Waals surface area contributed by atoms with Crippen LogP contribution in [0.5, 0.6) is 0 Å². The largest absolute Gasteiger partial charge is 0.378 e. The number of rotatable bonds is 19. The summed E-state index contributed by atoms with van der Waals surface area (Å²) in [5.74, 6) is -1.06. The van der Waals surface area contributed by atoms with Gasteiger partial charge in [0.05, 0.1) is 43.2 Å². The molecule has 53 heavy (non-hydrogen) atoms. The van der Waals surface area contributed by atoms with E-state index >= 15 is 0 Å². The minimum absolute atomic E-state index is 0.225. The monoisotopic (exact) mass is 734 g/mol. The third-order valence-electron chi connectivity index (χ3n) is 7.97. The number of carbonyl (C=O) groups excluding carboxylic acids is 5. The number of aromatic nitrogens is 1. The van der Waals surface area contributed by atoms with Gasteiger partial charge < -0.3 is 51.3 Å². The molecule has 15 nitrogen and oxygen atoms in total. The molecule has 288 valence electrons. The van der Waals surface area contributed by atoms with E-state index in [-0.39, 0.29) is 12.1 Å². The van der Waals surface area contributed by atoms with E-state index in [0.29, 0.717) is 87.8 Å². The summed E-state index contributed by atoms with van der Waals surface area (Å²) in [6, 6.07) is 13.8. The molecule has 0 bridgehead atoms. The predicted molar refractivity (Wildman–Crippen MR) is 206 cm³/mol. The van der Waals surface area contributed by atoms with Gasteiger partial charge in [0.2, 0.25) is 0 Å². The maximum atomic E-state index is 13.0. The number of fused-ring (bicyclic) bond motifs is 1.